The van der Waals surface area contributed by atoms with Crippen LogP contribution in [0.3, 0.4) is 0 Å². The van der Waals surface area contributed by atoms with Crippen LogP contribution < -0.4 is 0 Å². The van der Waals surface area contributed by atoms with Crippen molar-refractivity contribution in [3.05, 3.63) is 11.8 Å². The topological polar surface area (TPSA) is 65.0 Å². The molecule has 2 heterocycles. The molecule has 1 N–H and O–H groups in total. The lowest BCUT2D eigenvalue weighted by molar-refractivity contribution is -0.271. The van der Waals surface area contributed by atoms with Crippen molar-refractivity contribution < 1.29 is 24.1 Å². The standard InChI is InChI=1S/C19H23ClO5/c1-4-5-6-7-8-15-17(20)18(22)19(25-15)10-9-14(12-23-19)24-16(21)11-13(2)3/h8,13-14,17-18,22H,9-12H2,1-3H3/b15-8+/t14?,17-,18+,19+/m0/s1. The Morgan fingerprint density at radius 3 is 2.88 bits per heavy atom. The van der Waals surface area contributed by atoms with Crippen LogP contribution in [-0.2, 0) is 19.0 Å². The van der Waals surface area contributed by atoms with Crippen molar-refractivity contribution in [3.8, 4) is 23.7 Å². The molecule has 0 aromatic carbocycles. The van der Waals surface area contributed by atoms with E-state index in [0.717, 1.165) is 0 Å². The van der Waals surface area contributed by atoms with E-state index in [-0.39, 0.29) is 24.6 Å². The van der Waals surface area contributed by atoms with Crippen LogP contribution in [-0.4, -0.2) is 41.1 Å². The fourth-order valence-electron chi connectivity index (χ4n) is 2.74. The van der Waals surface area contributed by atoms with Crippen LogP contribution in [0.2, 0.25) is 0 Å². The highest BCUT2D eigenvalue weighted by molar-refractivity contribution is 6.23. The largest absolute Gasteiger partial charge is 0.461 e. The maximum absolute atomic E-state index is 11.8. The number of aliphatic hydroxyl groups is 1. The van der Waals surface area contributed by atoms with Gasteiger partial charge in [0.25, 0.3) is 0 Å². The molecule has 0 radical (unpaired) electrons. The predicted molar refractivity (Wildman–Crippen MR) is 93.3 cm³/mol. The molecule has 0 aliphatic carbocycles. The lowest BCUT2D eigenvalue weighted by atomic mass is 9.98. The average Bonchev–Trinajstić information content (AvgIpc) is 2.78. The zero-order chi connectivity index (χ0) is 18.4. The van der Waals surface area contributed by atoms with E-state index < -0.39 is 17.3 Å². The van der Waals surface area contributed by atoms with Crippen LogP contribution in [0.25, 0.3) is 0 Å². The average molecular weight is 367 g/mol. The van der Waals surface area contributed by atoms with E-state index >= 15 is 0 Å². The van der Waals surface area contributed by atoms with Gasteiger partial charge >= 0.3 is 5.97 Å². The van der Waals surface area contributed by atoms with Crippen molar-refractivity contribution in [2.24, 2.45) is 5.92 Å². The van der Waals surface area contributed by atoms with Gasteiger partial charge in [0, 0.05) is 18.9 Å². The van der Waals surface area contributed by atoms with E-state index in [4.69, 9.17) is 25.8 Å². The number of esters is 1. The number of alkyl halides is 1. The Bertz CT molecular complexity index is 638. The molecule has 0 aromatic heterocycles. The second kappa shape index (κ2) is 8.63. The smallest absolute Gasteiger partial charge is 0.306 e. The summed E-state index contributed by atoms with van der Waals surface area (Å²) >= 11 is 6.23. The van der Waals surface area contributed by atoms with Crippen LogP contribution >= 0.6 is 11.6 Å². The van der Waals surface area contributed by atoms with Crippen molar-refractivity contribution >= 4 is 17.6 Å². The van der Waals surface area contributed by atoms with Gasteiger partial charge in [0.1, 0.15) is 23.3 Å². The minimum absolute atomic E-state index is 0.158. The minimum atomic E-state index is -1.21. The normalized spacial score (nSPS) is 32.6. The molecule has 0 bridgehead atoms. The first-order valence-electron chi connectivity index (χ1n) is 8.35. The number of carbonyl (C=O) groups excluding carboxylic acids is 1. The minimum Gasteiger partial charge on any atom is -0.461 e. The monoisotopic (exact) mass is 366 g/mol. The van der Waals surface area contributed by atoms with Gasteiger partial charge in [-0.1, -0.05) is 25.7 Å². The van der Waals surface area contributed by atoms with E-state index in [1.807, 2.05) is 13.8 Å². The molecule has 2 saturated heterocycles. The summed E-state index contributed by atoms with van der Waals surface area (Å²) < 4.78 is 16.9. The van der Waals surface area contributed by atoms with Gasteiger partial charge in [0.15, 0.2) is 0 Å². The Kier molecular flexibility index (Phi) is 6.79. The number of hydrogen-bond donors (Lipinski definition) is 1. The molecule has 6 heteroatoms. The summed E-state index contributed by atoms with van der Waals surface area (Å²) in [5, 5.41) is 9.68. The maximum Gasteiger partial charge on any atom is 0.306 e. The first-order chi connectivity index (χ1) is 11.9. The van der Waals surface area contributed by atoms with Gasteiger partial charge in [-0.05, 0) is 31.1 Å². The van der Waals surface area contributed by atoms with Crippen molar-refractivity contribution in [3.63, 3.8) is 0 Å². The zero-order valence-corrected chi connectivity index (χ0v) is 15.4. The second-order valence-electron chi connectivity index (χ2n) is 6.51. The summed E-state index contributed by atoms with van der Waals surface area (Å²) in [6.45, 7) is 5.77. The van der Waals surface area contributed by atoms with Crippen molar-refractivity contribution in [2.75, 3.05) is 6.61 Å². The van der Waals surface area contributed by atoms with Crippen LogP contribution in [0.4, 0.5) is 0 Å². The Morgan fingerprint density at radius 1 is 1.52 bits per heavy atom. The highest BCUT2D eigenvalue weighted by Gasteiger charge is 2.55. The predicted octanol–water partition coefficient (Wildman–Crippen LogP) is 2.36. The van der Waals surface area contributed by atoms with Crippen molar-refractivity contribution in [2.45, 2.75) is 63.4 Å². The number of carbonyl (C=O) groups is 1. The van der Waals surface area contributed by atoms with Gasteiger partial charge in [-0.3, -0.25) is 4.79 Å². The molecule has 1 spiro atoms. The molecular formula is C19H23ClO5. The lowest BCUT2D eigenvalue weighted by Crippen LogP contribution is -2.50. The van der Waals surface area contributed by atoms with Gasteiger partial charge in [0.05, 0.1) is 6.61 Å². The molecule has 0 amide bonds. The van der Waals surface area contributed by atoms with Gasteiger partial charge in [-0.2, -0.15) is 0 Å². The quantitative estimate of drug-likeness (QED) is 0.472. The third-order valence-corrected chi connectivity index (χ3v) is 4.42. The van der Waals surface area contributed by atoms with E-state index in [0.29, 0.717) is 25.0 Å². The number of hydrogen-bond acceptors (Lipinski definition) is 5. The molecule has 4 atom stereocenters. The summed E-state index contributed by atoms with van der Waals surface area (Å²) in [5.41, 5.74) is 0. The van der Waals surface area contributed by atoms with Gasteiger partial charge in [-0.25, -0.2) is 0 Å². The Morgan fingerprint density at radius 2 is 2.28 bits per heavy atom. The fraction of sp³-hybridized carbons (Fsp3) is 0.632. The lowest BCUT2D eigenvalue weighted by Gasteiger charge is -2.37. The fourth-order valence-corrected chi connectivity index (χ4v) is 3.03. The third-order valence-electron chi connectivity index (χ3n) is 3.97. The van der Waals surface area contributed by atoms with E-state index in [2.05, 4.69) is 23.7 Å². The molecule has 1 unspecified atom stereocenters. The molecular weight excluding hydrogens is 344 g/mol. The number of allylic oxidation sites excluding steroid dienone is 1. The van der Waals surface area contributed by atoms with Crippen molar-refractivity contribution in [1.82, 2.24) is 0 Å². The highest BCUT2D eigenvalue weighted by atomic mass is 35.5. The summed E-state index contributed by atoms with van der Waals surface area (Å²) in [5.74, 6) is 9.77. The van der Waals surface area contributed by atoms with Crippen LogP contribution in [0.15, 0.2) is 11.8 Å². The molecule has 2 rings (SSSR count). The first-order valence-corrected chi connectivity index (χ1v) is 8.78. The van der Waals surface area contributed by atoms with Gasteiger partial charge in [-0.15, -0.1) is 11.6 Å². The Balaban J connectivity index is 1.96. The molecule has 2 fully saturated rings. The SMILES string of the molecule is CC#CC#C/C=C1/O[C@]2(CCC(OC(=O)CC(C)C)CO2)[C@H](O)[C@H]1Cl. The number of halogens is 1. The van der Waals surface area contributed by atoms with Crippen LogP contribution in [0, 0.1) is 29.6 Å². The number of ether oxygens (including phenoxy) is 3. The summed E-state index contributed by atoms with van der Waals surface area (Å²) in [6, 6.07) is 0. The molecule has 5 nitrogen and oxygen atoms in total. The first kappa shape index (κ1) is 19.7. The van der Waals surface area contributed by atoms with Gasteiger partial charge < -0.3 is 19.3 Å². The molecule has 25 heavy (non-hydrogen) atoms. The summed E-state index contributed by atoms with van der Waals surface area (Å²) in [4.78, 5) is 11.8. The highest BCUT2D eigenvalue weighted by Crippen LogP contribution is 2.43. The molecule has 136 valence electrons. The second-order valence-corrected chi connectivity index (χ2v) is 6.98. The molecule has 0 saturated carbocycles. The van der Waals surface area contributed by atoms with Crippen molar-refractivity contribution in [1.29, 1.82) is 0 Å². The molecule has 0 aromatic rings. The van der Waals surface area contributed by atoms with Gasteiger partial charge in [0.2, 0.25) is 5.79 Å². The van der Waals surface area contributed by atoms with Crippen LogP contribution in [0.1, 0.15) is 40.0 Å². The summed E-state index contributed by atoms with van der Waals surface area (Å²) in [6.07, 6.45) is 1.41. The van der Waals surface area contributed by atoms with E-state index in [1.165, 1.54) is 6.08 Å². The molecule has 2 aliphatic heterocycles. The Labute approximate surface area is 153 Å². The third kappa shape index (κ3) is 4.92. The number of rotatable bonds is 3. The molecule has 2 aliphatic rings. The van der Waals surface area contributed by atoms with E-state index in [9.17, 15) is 9.90 Å². The van der Waals surface area contributed by atoms with E-state index in [1.54, 1.807) is 6.92 Å². The maximum atomic E-state index is 11.8. The number of aliphatic hydroxyl groups excluding tert-OH is 1. The Hall–Kier alpha value is -1.66. The van der Waals surface area contributed by atoms with Crippen LogP contribution in [0.5, 0.6) is 0 Å². The zero-order valence-electron chi connectivity index (χ0n) is 14.7. The summed E-state index contributed by atoms with van der Waals surface area (Å²) in [7, 11) is 0.